The monoisotopic (exact) mass is 234 g/mol. The number of para-hydroxylation sites is 1. The Kier molecular flexibility index (Phi) is 3.31. The van der Waals surface area contributed by atoms with Gasteiger partial charge in [0.05, 0.1) is 4.92 Å². The zero-order valence-electron chi connectivity index (χ0n) is 10.3. The van der Waals surface area contributed by atoms with Gasteiger partial charge in [0.1, 0.15) is 5.69 Å². The van der Waals surface area contributed by atoms with E-state index in [9.17, 15) is 10.1 Å². The predicted octanol–water partition coefficient (Wildman–Crippen LogP) is 3.50. The maximum absolute atomic E-state index is 11.0. The van der Waals surface area contributed by atoms with Crippen LogP contribution in [0, 0.1) is 23.0 Å². The van der Waals surface area contributed by atoms with E-state index < -0.39 is 0 Å². The van der Waals surface area contributed by atoms with Crippen molar-refractivity contribution in [2.24, 2.45) is 5.92 Å². The molecule has 1 saturated carbocycles. The molecule has 0 amide bonds. The highest BCUT2D eigenvalue weighted by atomic mass is 16.6. The molecule has 0 bridgehead atoms. The molecule has 1 atom stereocenters. The summed E-state index contributed by atoms with van der Waals surface area (Å²) in [4.78, 5) is 10.7. The van der Waals surface area contributed by atoms with Crippen LogP contribution in [0.2, 0.25) is 0 Å². The van der Waals surface area contributed by atoms with Crippen molar-refractivity contribution in [3.05, 3.63) is 33.9 Å². The molecule has 1 fully saturated rings. The molecular formula is C13H18N2O2. The molecular weight excluding hydrogens is 216 g/mol. The van der Waals surface area contributed by atoms with Crippen molar-refractivity contribution >= 4 is 11.4 Å². The van der Waals surface area contributed by atoms with Gasteiger partial charge >= 0.3 is 0 Å². The third-order valence-electron chi connectivity index (χ3n) is 3.68. The van der Waals surface area contributed by atoms with Crippen LogP contribution < -0.4 is 5.32 Å². The zero-order valence-corrected chi connectivity index (χ0v) is 10.3. The molecule has 1 unspecified atom stereocenters. The number of nitro benzene ring substituents is 1. The van der Waals surface area contributed by atoms with Crippen LogP contribution in [-0.2, 0) is 0 Å². The van der Waals surface area contributed by atoms with Crippen LogP contribution in [0.4, 0.5) is 11.4 Å². The lowest BCUT2D eigenvalue weighted by atomic mass is 9.80. The van der Waals surface area contributed by atoms with Crippen LogP contribution in [0.25, 0.3) is 0 Å². The Morgan fingerprint density at radius 2 is 2.18 bits per heavy atom. The Bertz CT molecular complexity index is 427. The average Bonchev–Trinajstić information content (AvgIpc) is 2.17. The summed E-state index contributed by atoms with van der Waals surface area (Å²) in [6, 6.07) is 5.50. The molecule has 17 heavy (non-hydrogen) atoms. The summed E-state index contributed by atoms with van der Waals surface area (Å²) in [6.07, 6.45) is 3.74. The molecule has 1 aromatic carbocycles. The molecule has 2 rings (SSSR count). The zero-order chi connectivity index (χ0) is 12.4. The summed E-state index contributed by atoms with van der Waals surface area (Å²) in [6.45, 7) is 4.02. The Morgan fingerprint density at radius 3 is 2.71 bits per heavy atom. The molecule has 0 spiro atoms. The molecule has 1 aliphatic rings. The molecule has 0 heterocycles. The summed E-state index contributed by atoms with van der Waals surface area (Å²) in [5, 5.41) is 14.3. The van der Waals surface area contributed by atoms with Crippen LogP contribution in [0.15, 0.2) is 18.2 Å². The Labute approximate surface area is 101 Å². The topological polar surface area (TPSA) is 55.2 Å². The first-order valence-electron chi connectivity index (χ1n) is 6.10. The summed E-state index contributed by atoms with van der Waals surface area (Å²) in [7, 11) is 0. The summed E-state index contributed by atoms with van der Waals surface area (Å²) < 4.78 is 0. The van der Waals surface area contributed by atoms with Crippen molar-refractivity contribution in [1.29, 1.82) is 0 Å². The lowest BCUT2D eigenvalue weighted by molar-refractivity contribution is -0.384. The van der Waals surface area contributed by atoms with Crippen LogP contribution in [0.1, 0.15) is 31.7 Å². The second kappa shape index (κ2) is 4.73. The molecule has 92 valence electrons. The van der Waals surface area contributed by atoms with E-state index in [1.165, 1.54) is 19.3 Å². The number of nitrogens with one attached hydrogen (secondary N) is 1. The van der Waals surface area contributed by atoms with Gasteiger partial charge in [0.15, 0.2) is 0 Å². The number of rotatable bonds is 4. The van der Waals surface area contributed by atoms with Gasteiger partial charge in [0, 0.05) is 12.1 Å². The minimum Gasteiger partial charge on any atom is -0.377 e. The van der Waals surface area contributed by atoms with Crippen LogP contribution >= 0.6 is 0 Å². The molecule has 1 aliphatic carbocycles. The number of hydrogen-bond donors (Lipinski definition) is 1. The molecule has 4 nitrogen and oxygen atoms in total. The minimum absolute atomic E-state index is 0.177. The summed E-state index contributed by atoms with van der Waals surface area (Å²) in [5.74, 6) is 0.661. The van der Waals surface area contributed by atoms with E-state index in [2.05, 4.69) is 12.2 Å². The highest BCUT2D eigenvalue weighted by Gasteiger charge is 2.26. The highest BCUT2D eigenvalue weighted by molar-refractivity contribution is 5.66. The van der Waals surface area contributed by atoms with Crippen LogP contribution in [0.3, 0.4) is 0 Å². The van der Waals surface area contributed by atoms with Gasteiger partial charge in [-0.1, -0.05) is 18.6 Å². The van der Waals surface area contributed by atoms with Crippen molar-refractivity contribution in [3.63, 3.8) is 0 Å². The van der Waals surface area contributed by atoms with E-state index in [0.717, 1.165) is 5.56 Å². The fourth-order valence-corrected chi connectivity index (χ4v) is 2.28. The molecule has 0 aromatic heterocycles. The summed E-state index contributed by atoms with van der Waals surface area (Å²) in [5.41, 5.74) is 1.79. The lowest BCUT2D eigenvalue weighted by Crippen LogP contribution is -2.31. The first-order chi connectivity index (χ1) is 8.09. The quantitative estimate of drug-likeness (QED) is 0.640. The van der Waals surface area contributed by atoms with Gasteiger partial charge in [-0.15, -0.1) is 0 Å². The van der Waals surface area contributed by atoms with E-state index in [4.69, 9.17) is 0 Å². The number of anilines is 1. The second-order valence-corrected chi connectivity index (χ2v) is 4.85. The highest BCUT2D eigenvalue weighted by Crippen LogP contribution is 2.34. The molecule has 1 aromatic rings. The smallest absolute Gasteiger partial charge is 0.292 e. The maximum atomic E-state index is 11.0. The fourth-order valence-electron chi connectivity index (χ4n) is 2.28. The average molecular weight is 234 g/mol. The molecule has 1 N–H and O–H groups in total. The Hall–Kier alpha value is -1.58. The molecule has 4 heteroatoms. The van der Waals surface area contributed by atoms with E-state index in [-0.39, 0.29) is 10.6 Å². The van der Waals surface area contributed by atoms with E-state index in [1.54, 1.807) is 12.1 Å². The first kappa shape index (κ1) is 11.9. The maximum Gasteiger partial charge on any atom is 0.292 e. The van der Waals surface area contributed by atoms with Gasteiger partial charge in [0.25, 0.3) is 5.69 Å². The number of benzene rings is 1. The van der Waals surface area contributed by atoms with Gasteiger partial charge in [0.2, 0.25) is 0 Å². The standard InChI is InChI=1S/C13H18N2O2/c1-9-5-3-8-12(15(16)17)13(9)14-10(2)11-6-4-7-11/h3,5,8,10-11,14H,4,6-7H2,1-2H3. The number of nitro groups is 1. The minimum atomic E-state index is -0.317. The third kappa shape index (κ3) is 2.40. The second-order valence-electron chi connectivity index (χ2n) is 4.85. The van der Waals surface area contributed by atoms with Gasteiger partial charge in [-0.05, 0) is 38.2 Å². The lowest BCUT2D eigenvalue weighted by Gasteiger charge is -2.32. The molecule has 0 aliphatic heterocycles. The number of aryl methyl sites for hydroxylation is 1. The van der Waals surface area contributed by atoms with Crippen LogP contribution in [-0.4, -0.2) is 11.0 Å². The Balaban J connectivity index is 2.21. The van der Waals surface area contributed by atoms with Crippen molar-refractivity contribution in [3.8, 4) is 0 Å². The fraction of sp³-hybridized carbons (Fsp3) is 0.538. The van der Waals surface area contributed by atoms with Crippen LogP contribution in [0.5, 0.6) is 0 Å². The molecule has 0 radical (unpaired) electrons. The van der Waals surface area contributed by atoms with Gasteiger partial charge in [-0.2, -0.15) is 0 Å². The number of nitrogens with zero attached hydrogens (tertiary/aromatic N) is 1. The van der Waals surface area contributed by atoms with Gasteiger partial charge in [-0.25, -0.2) is 0 Å². The predicted molar refractivity (Wildman–Crippen MR) is 68.3 cm³/mol. The normalized spacial score (nSPS) is 17.3. The van der Waals surface area contributed by atoms with E-state index >= 15 is 0 Å². The molecule has 0 saturated heterocycles. The van der Waals surface area contributed by atoms with Gasteiger partial charge < -0.3 is 5.32 Å². The SMILES string of the molecule is Cc1cccc([N+](=O)[O-])c1NC(C)C1CCC1. The van der Waals surface area contributed by atoms with E-state index in [0.29, 0.717) is 17.6 Å². The summed E-state index contributed by atoms with van der Waals surface area (Å²) >= 11 is 0. The Morgan fingerprint density at radius 1 is 1.47 bits per heavy atom. The van der Waals surface area contributed by atoms with Crippen molar-refractivity contribution in [2.45, 2.75) is 39.2 Å². The number of hydrogen-bond acceptors (Lipinski definition) is 3. The van der Waals surface area contributed by atoms with Crippen molar-refractivity contribution in [1.82, 2.24) is 0 Å². The largest absolute Gasteiger partial charge is 0.377 e. The first-order valence-corrected chi connectivity index (χ1v) is 6.10. The van der Waals surface area contributed by atoms with Gasteiger partial charge in [-0.3, -0.25) is 10.1 Å². The van der Waals surface area contributed by atoms with Crippen molar-refractivity contribution < 1.29 is 4.92 Å². The van der Waals surface area contributed by atoms with E-state index in [1.807, 2.05) is 13.0 Å². The van der Waals surface area contributed by atoms with Crippen molar-refractivity contribution in [2.75, 3.05) is 5.32 Å². The third-order valence-corrected chi connectivity index (χ3v) is 3.68.